The van der Waals surface area contributed by atoms with Crippen LogP contribution in [-0.4, -0.2) is 41.2 Å². The van der Waals surface area contributed by atoms with Crippen molar-refractivity contribution in [3.63, 3.8) is 0 Å². The lowest BCUT2D eigenvalue weighted by Gasteiger charge is -2.23. The molecule has 2 aromatic heterocycles. The molecule has 1 amide bonds. The molecule has 0 spiro atoms. The normalized spacial score (nSPS) is 14.3. The molecule has 0 saturated carbocycles. The van der Waals surface area contributed by atoms with Gasteiger partial charge in [0, 0.05) is 22.7 Å². The van der Waals surface area contributed by atoms with Gasteiger partial charge in [-0.15, -0.1) is 11.3 Å². The molecule has 4 rings (SSSR count). The molecular formula is C21H23FN4OS. The maximum Gasteiger partial charge on any atom is 0.272 e. The number of nitrogens with zero attached hydrogens (tertiary/aromatic N) is 3. The number of carbonyl (C=O) groups is 1. The fourth-order valence-corrected chi connectivity index (χ4v) is 4.66. The summed E-state index contributed by atoms with van der Waals surface area (Å²) in [6, 6.07) is 10.7. The third-order valence-electron chi connectivity index (χ3n) is 5.18. The molecule has 1 atom stereocenters. The number of benzene rings is 1. The number of rotatable bonds is 6. The first-order valence-corrected chi connectivity index (χ1v) is 10.3. The number of thiophene rings is 1. The largest absolute Gasteiger partial charge is 0.349 e. The molecule has 1 aliphatic rings. The third kappa shape index (κ3) is 3.47. The van der Waals surface area contributed by atoms with Crippen LogP contribution in [0, 0.1) is 5.82 Å². The Labute approximate surface area is 167 Å². The maximum absolute atomic E-state index is 14.3. The zero-order chi connectivity index (χ0) is 19.7. The SMILES string of the molecule is CN(C)C(CNC(=O)c1nn(-c2ccccc2F)c2c1CCC2)c1cccs1. The summed E-state index contributed by atoms with van der Waals surface area (Å²) in [5.41, 5.74) is 2.69. The van der Waals surface area contributed by atoms with Crippen LogP contribution in [-0.2, 0) is 12.8 Å². The summed E-state index contributed by atoms with van der Waals surface area (Å²) in [5, 5.41) is 9.57. The number of carbonyl (C=O) groups excluding carboxylic acids is 1. The Hall–Kier alpha value is -2.51. The van der Waals surface area contributed by atoms with Crippen molar-refractivity contribution in [1.29, 1.82) is 0 Å². The first-order chi connectivity index (χ1) is 13.6. The van der Waals surface area contributed by atoms with Gasteiger partial charge in [0.15, 0.2) is 5.69 Å². The number of nitrogens with one attached hydrogen (secondary N) is 1. The number of amides is 1. The third-order valence-corrected chi connectivity index (χ3v) is 6.15. The Bertz CT molecular complexity index is 980. The summed E-state index contributed by atoms with van der Waals surface area (Å²) in [5.74, 6) is -0.534. The van der Waals surface area contributed by atoms with Gasteiger partial charge in [-0.2, -0.15) is 5.10 Å². The molecule has 1 aromatic carbocycles. The van der Waals surface area contributed by atoms with Crippen LogP contribution in [0.2, 0.25) is 0 Å². The van der Waals surface area contributed by atoms with E-state index in [1.54, 1.807) is 34.2 Å². The van der Waals surface area contributed by atoms with Gasteiger partial charge in [0.2, 0.25) is 0 Å². The van der Waals surface area contributed by atoms with E-state index in [-0.39, 0.29) is 17.8 Å². The summed E-state index contributed by atoms with van der Waals surface area (Å²) in [7, 11) is 4.00. The van der Waals surface area contributed by atoms with Gasteiger partial charge >= 0.3 is 0 Å². The predicted molar refractivity (Wildman–Crippen MR) is 109 cm³/mol. The van der Waals surface area contributed by atoms with Gasteiger partial charge in [-0.25, -0.2) is 9.07 Å². The molecule has 0 radical (unpaired) electrons. The summed E-state index contributed by atoms with van der Waals surface area (Å²) in [6.07, 6.45) is 2.56. The first kappa shape index (κ1) is 18.8. The van der Waals surface area contributed by atoms with Crippen molar-refractivity contribution >= 4 is 17.2 Å². The molecular weight excluding hydrogens is 375 g/mol. The number of para-hydroxylation sites is 1. The Kier molecular flexibility index (Phi) is 5.28. The molecule has 28 heavy (non-hydrogen) atoms. The number of likely N-dealkylation sites (N-methyl/N-ethyl adjacent to an activating group) is 1. The Morgan fingerprint density at radius 3 is 2.82 bits per heavy atom. The van der Waals surface area contributed by atoms with Crippen molar-refractivity contribution in [3.8, 4) is 5.69 Å². The Morgan fingerprint density at radius 2 is 2.11 bits per heavy atom. The second-order valence-electron chi connectivity index (χ2n) is 7.20. The monoisotopic (exact) mass is 398 g/mol. The molecule has 3 aromatic rings. The van der Waals surface area contributed by atoms with E-state index in [1.807, 2.05) is 25.5 Å². The summed E-state index contributed by atoms with van der Waals surface area (Å²) in [4.78, 5) is 16.2. The van der Waals surface area contributed by atoms with E-state index in [2.05, 4.69) is 21.4 Å². The molecule has 7 heteroatoms. The number of hydrogen-bond acceptors (Lipinski definition) is 4. The average Bonchev–Trinajstić information content (AvgIpc) is 3.40. The van der Waals surface area contributed by atoms with Crippen molar-refractivity contribution in [2.75, 3.05) is 20.6 Å². The van der Waals surface area contributed by atoms with E-state index in [9.17, 15) is 9.18 Å². The average molecular weight is 399 g/mol. The van der Waals surface area contributed by atoms with Gasteiger partial charge in [-0.3, -0.25) is 4.79 Å². The second kappa shape index (κ2) is 7.85. The fourth-order valence-electron chi connectivity index (χ4n) is 3.73. The number of aromatic nitrogens is 2. The molecule has 146 valence electrons. The Morgan fingerprint density at radius 1 is 1.29 bits per heavy atom. The summed E-state index contributed by atoms with van der Waals surface area (Å²) in [6.45, 7) is 0.494. The minimum absolute atomic E-state index is 0.102. The highest BCUT2D eigenvalue weighted by Gasteiger charge is 2.28. The molecule has 1 unspecified atom stereocenters. The molecule has 0 saturated heterocycles. The van der Waals surface area contributed by atoms with Crippen molar-refractivity contribution in [2.24, 2.45) is 0 Å². The highest BCUT2D eigenvalue weighted by molar-refractivity contribution is 7.10. The molecule has 1 N–H and O–H groups in total. The lowest BCUT2D eigenvalue weighted by atomic mass is 10.1. The van der Waals surface area contributed by atoms with Crippen LogP contribution in [0.3, 0.4) is 0 Å². The smallest absolute Gasteiger partial charge is 0.272 e. The number of fused-ring (bicyclic) bond motifs is 1. The van der Waals surface area contributed by atoms with Crippen molar-refractivity contribution in [1.82, 2.24) is 20.0 Å². The quantitative estimate of drug-likeness (QED) is 0.690. The fraction of sp³-hybridized carbons (Fsp3) is 0.333. The molecule has 2 heterocycles. The maximum atomic E-state index is 14.3. The zero-order valence-electron chi connectivity index (χ0n) is 16.0. The van der Waals surface area contributed by atoms with E-state index >= 15 is 0 Å². The predicted octanol–water partition coefficient (Wildman–Crippen LogP) is 3.59. The molecule has 0 aliphatic heterocycles. The highest BCUT2D eigenvalue weighted by Crippen LogP contribution is 2.29. The minimum Gasteiger partial charge on any atom is -0.349 e. The standard InChI is InChI=1S/C21H23FN4OS/c1-25(2)18(19-11-6-12-28-19)13-23-21(27)20-14-7-5-10-16(14)26(24-20)17-9-4-3-8-15(17)22/h3-4,6,8-9,11-12,18H,5,7,10,13H2,1-2H3,(H,23,27). The van der Waals surface area contributed by atoms with Crippen LogP contribution < -0.4 is 5.32 Å². The van der Waals surface area contributed by atoms with Gasteiger partial charge in [0.1, 0.15) is 11.5 Å². The summed E-state index contributed by atoms with van der Waals surface area (Å²) >= 11 is 1.68. The van der Waals surface area contributed by atoms with E-state index < -0.39 is 0 Å². The first-order valence-electron chi connectivity index (χ1n) is 9.40. The lowest BCUT2D eigenvalue weighted by molar-refractivity contribution is 0.0936. The molecule has 0 fully saturated rings. The minimum atomic E-state index is -0.336. The van der Waals surface area contributed by atoms with E-state index in [4.69, 9.17) is 0 Å². The van der Waals surface area contributed by atoms with Crippen LogP contribution >= 0.6 is 11.3 Å². The molecule has 5 nitrogen and oxygen atoms in total. The molecule has 1 aliphatic carbocycles. The van der Waals surface area contributed by atoms with Gasteiger partial charge in [-0.05, 0) is 56.9 Å². The van der Waals surface area contributed by atoms with Gasteiger partial charge in [0.05, 0.1) is 6.04 Å². The number of hydrogen-bond donors (Lipinski definition) is 1. The van der Waals surface area contributed by atoms with E-state index in [0.717, 1.165) is 30.5 Å². The van der Waals surface area contributed by atoms with Crippen molar-refractivity contribution < 1.29 is 9.18 Å². The van der Waals surface area contributed by atoms with Crippen LogP contribution in [0.15, 0.2) is 41.8 Å². The van der Waals surface area contributed by atoms with Gasteiger partial charge in [0.25, 0.3) is 5.91 Å². The Balaban J connectivity index is 1.59. The summed E-state index contributed by atoms with van der Waals surface area (Å²) < 4.78 is 15.9. The molecule has 0 bridgehead atoms. The van der Waals surface area contributed by atoms with Crippen molar-refractivity contribution in [3.05, 3.63) is 69.4 Å². The van der Waals surface area contributed by atoms with Gasteiger partial charge in [-0.1, -0.05) is 18.2 Å². The van der Waals surface area contributed by atoms with E-state index in [0.29, 0.717) is 17.9 Å². The van der Waals surface area contributed by atoms with Gasteiger partial charge < -0.3 is 10.2 Å². The van der Waals surface area contributed by atoms with Crippen LogP contribution in [0.25, 0.3) is 5.69 Å². The van der Waals surface area contributed by atoms with Crippen molar-refractivity contribution in [2.45, 2.75) is 25.3 Å². The van der Waals surface area contributed by atoms with Crippen LogP contribution in [0.1, 0.15) is 39.1 Å². The van der Waals surface area contributed by atoms with Crippen LogP contribution in [0.4, 0.5) is 4.39 Å². The highest BCUT2D eigenvalue weighted by atomic mass is 32.1. The lowest BCUT2D eigenvalue weighted by Crippen LogP contribution is -2.34. The number of halogens is 1. The van der Waals surface area contributed by atoms with E-state index in [1.165, 1.54) is 10.9 Å². The van der Waals surface area contributed by atoms with Crippen LogP contribution in [0.5, 0.6) is 0 Å². The zero-order valence-corrected chi connectivity index (χ0v) is 16.8. The topological polar surface area (TPSA) is 50.2 Å². The second-order valence-corrected chi connectivity index (χ2v) is 8.17.